The highest BCUT2D eigenvalue weighted by molar-refractivity contribution is 6.34. The molecular weight excluding hydrogens is 356 g/mol. The van der Waals surface area contributed by atoms with Crippen molar-refractivity contribution in [3.63, 3.8) is 0 Å². The number of methoxy groups -OCH3 is 1. The molecule has 6 nitrogen and oxygen atoms in total. The average molecular weight is 373 g/mol. The van der Waals surface area contributed by atoms with Gasteiger partial charge in [0.05, 0.1) is 23.4 Å². The maximum Gasteiger partial charge on any atom is 0.337 e. The highest BCUT2D eigenvalue weighted by atomic mass is 35.5. The highest BCUT2D eigenvalue weighted by Crippen LogP contribution is 2.30. The first kappa shape index (κ1) is 17.9. The quantitative estimate of drug-likeness (QED) is 0.833. The molecule has 1 N–H and O–H groups in total. The zero-order valence-corrected chi connectivity index (χ0v) is 14.9. The van der Waals surface area contributed by atoms with Crippen molar-refractivity contribution in [3.05, 3.63) is 58.6 Å². The number of ether oxygens (including phenoxy) is 1. The summed E-state index contributed by atoms with van der Waals surface area (Å²) in [5.74, 6) is -0.853. The van der Waals surface area contributed by atoms with Crippen LogP contribution in [-0.2, 0) is 9.53 Å². The van der Waals surface area contributed by atoms with Crippen molar-refractivity contribution in [1.82, 2.24) is 0 Å². The number of nitrogens with zero attached hydrogens (tertiary/aromatic N) is 1. The number of esters is 1. The van der Waals surface area contributed by atoms with Crippen LogP contribution in [0.25, 0.3) is 0 Å². The van der Waals surface area contributed by atoms with E-state index in [-0.39, 0.29) is 11.8 Å². The Bertz CT molecular complexity index is 882. The minimum atomic E-state index is -0.484. The number of rotatable bonds is 4. The Hall–Kier alpha value is -2.86. The van der Waals surface area contributed by atoms with Gasteiger partial charge in [0, 0.05) is 24.2 Å². The van der Waals surface area contributed by atoms with Crippen molar-refractivity contribution in [3.8, 4) is 0 Å². The second kappa shape index (κ2) is 7.58. The van der Waals surface area contributed by atoms with Gasteiger partial charge in [-0.05, 0) is 42.8 Å². The SMILES string of the molecule is COC(=O)c1cccc(NC(=O)c2ccc(Cl)c(N3CCCC3=O)c2)c1. The number of hydrogen-bond acceptors (Lipinski definition) is 4. The van der Waals surface area contributed by atoms with Gasteiger partial charge in [-0.25, -0.2) is 4.79 Å². The van der Waals surface area contributed by atoms with Gasteiger partial charge in [0.15, 0.2) is 0 Å². The zero-order valence-electron chi connectivity index (χ0n) is 14.1. The van der Waals surface area contributed by atoms with Crippen molar-refractivity contribution in [2.24, 2.45) is 0 Å². The van der Waals surface area contributed by atoms with E-state index in [1.165, 1.54) is 13.2 Å². The van der Waals surface area contributed by atoms with Gasteiger partial charge in [0.1, 0.15) is 0 Å². The third kappa shape index (κ3) is 3.70. The van der Waals surface area contributed by atoms with Gasteiger partial charge in [0.25, 0.3) is 5.91 Å². The summed E-state index contributed by atoms with van der Waals surface area (Å²) in [7, 11) is 1.29. The zero-order chi connectivity index (χ0) is 18.7. The normalized spacial score (nSPS) is 13.6. The first-order valence-corrected chi connectivity index (χ1v) is 8.47. The lowest BCUT2D eigenvalue weighted by molar-refractivity contribution is -0.117. The van der Waals surface area contributed by atoms with Crippen LogP contribution in [0.4, 0.5) is 11.4 Å². The number of anilines is 2. The predicted octanol–water partition coefficient (Wildman–Crippen LogP) is 3.51. The molecule has 0 radical (unpaired) electrons. The van der Waals surface area contributed by atoms with E-state index in [4.69, 9.17) is 11.6 Å². The fourth-order valence-corrected chi connectivity index (χ4v) is 3.03. The van der Waals surface area contributed by atoms with Crippen molar-refractivity contribution in [2.45, 2.75) is 12.8 Å². The smallest absolute Gasteiger partial charge is 0.337 e. The summed E-state index contributed by atoms with van der Waals surface area (Å²) in [6.07, 6.45) is 1.25. The Labute approximate surface area is 155 Å². The number of benzene rings is 2. The highest BCUT2D eigenvalue weighted by Gasteiger charge is 2.24. The Balaban J connectivity index is 1.82. The van der Waals surface area contributed by atoms with Gasteiger partial charge in [-0.1, -0.05) is 17.7 Å². The third-order valence-electron chi connectivity index (χ3n) is 4.11. The number of nitrogens with one attached hydrogen (secondary N) is 1. The molecule has 0 atom stereocenters. The summed E-state index contributed by atoms with van der Waals surface area (Å²) in [6, 6.07) is 11.2. The van der Waals surface area contributed by atoms with Crippen LogP contribution in [0.15, 0.2) is 42.5 Å². The third-order valence-corrected chi connectivity index (χ3v) is 4.43. The van der Waals surface area contributed by atoms with Crippen molar-refractivity contribution in [1.29, 1.82) is 0 Å². The molecule has 2 aromatic rings. The van der Waals surface area contributed by atoms with Crippen LogP contribution >= 0.6 is 11.6 Å². The lowest BCUT2D eigenvalue weighted by Crippen LogP contribution is -2.24. The number of carbonyl (C=O) groups is 3. The molecule has 0 bridgehead atoms. The molecule has 26 heavy (non-hydrogen) atoms. The van der Waals surface area contributed by atoms with Gasteiger partial charge < -0.3 is 15.0 Å². The predicted molar refractivity (Wildman–Crippen MR) is 98.8 cm³/mol. The Morgan fingerprint density at radius 3 is 2.65 bits per heavy atom. The number of carbonyl (C=O) groups excluding carboxylic acids is 3. The first-order valence-electron chi connectivity index (χ1n) is 8.09. The molecule has 1 aliphatic heterocycles. The summed E-state index contributed by atoms with van der Waals surface area (Å²) in [4.78, 5) is 37.7. The van der Waals surface area contributed by atoms with Crippen LogP contribution in [0.2, 0.25) is 5.02 Å². The minimum absolute atomic E-state index is 0.00441. The van der Waals surface area contributed by atoms with E-state index >= 15 is 0 Å². The second-order valence-corrected chi connectivity index (χ2v) is 6.25. The lowest BCUT2D eigenvalue weighted by atomic mass is 10.1. The Kier molecular flexibility index (Phi) is 5.23. The molecule has 0 aromatic heterocycles. The van der Waals surface area contributed by atoms with E-state index in [1.54, 1.807) is 41.3 Å². The molecule has 1 saturated heterocycles. The molecule has 0 aliphatic carbocycles. The molecule has 3 rings (SSSR count). The Morgan fingerprint density at radius 1 is 1.15 bits per heavy atom. The topological polar surface area (TPSA) is 75.7 Å². The molecule has 0 spiro atoms. The fourth-order valence-electron chi connectivity index (χ4n) is 2.81. The molecule has 7 heteroatoms. The van der Waals surface area contributed by atoms with Crippen LogP contribution in [0.5, 0.6) is 0 Å². The standard InChI is InChI=1S/C19H17ClN2O4/c1-26-19(25)13-4-2-5-14(10-13)21-18(24)12-7-8-15(20)16(11-12)22-9-3-6-17(22)23/h2,4-5,7-8,10-11H,3,6,9H2,1H3,(H,21,24). The maximum absolute atomic E-state index is 12.6. The number of halogens is 1. The Morgan fingerprint density at radius 2 is 1.96 bits per heavy atom. The van der Waals surface area contributed by atoms with Gasteiger partial charge in [0.2, 0.25) is 5.91 Å². The van der Waals surface area contributed by atoms with E-state index < -0.39 is 5.97 Å². The number of hydrogen-bond donors (Lipinski definition) is 1. The average Bonchev–Trinajstić information content (AvgIpc) is 3.07. The van der Waals surface area contributed by atoms with E-state index in [1.807, 2.05) is 0 Å². The van der Waals surface area contributed by atoms with E-state index in [2.05, 4.69) is 10.1 Å². The molecule has 1 heterocycles. The molecule has 2 amide bonds. The molecule has 0 unspecified atom stereocenters. The minimum Gasteiger partial charge on any atom is -0.465 e. The van der Waals surface area contributed by atoms with Crippen LogP contribution in [0.3, 0.4) is 0 Å². The molecule has 2 aromatic carbocycles. The lowest BCUT2D eigenvalue weighted by Gasteiger charge is -2.18. The molecule has 1 aliphatic rings. The fraction of sp³-hybridized carbons (Fsp3) is 0.211. The monoisotopic (exact) mass is 372 g/mol. The maximum atomic E-state index is 12.6. The van der Waals surface area contributed by atoms with E-state index in [0.29, 0.717) is 40.5 Å². The van der Waals surface area contributed by atoms with Gasteiger partial charge in [-0.2, -0.15) is 0 Å². The summed E-state index contributed by atoms with van der Waals surface area (Å²) >= 11 is 6.20. The van der Waals surface area contributed by atoms with Gasteiger partial charge >= 0.3 is 5.97 Å². The van der Waals surface area contributed by atoms with Crippen molar-refractivity contribution >= 4 is 40.8 Å². The van der Waals surface area contributed by atoms with E-state index in [9.17, 15) is 14.4 Å². The van der Waals surface area contributed by atoms with Gasteiger partial charge in [-0.15, -0.1) is 0 Å². The van der Waals surface area contributed by atoms with Crippen LogP contribution < -0.4 is 10.2 Å². The molecule has 0 saturated carbocycles. The van der Waals surface area contributed by atoms with Crippen molar-refractivity contribution in [2.75, 3.05) is 23.9 Å². The summed E-state index contributed by atoms with van der Waals surface area (Å²) in [6.45, 7) is 0.588. The van der Waals surface area contributed by atoms with Crippen LogP contribution in [0.1, 0.15) is 33.6 Å². The van der Waals surface area contributed by atoms with E-state index in [0.717, 1.165) is 6.42 Å². The summed E-state index contributed by atoms with van der Waals surface area (Å²) < 4.78 is 4.67. The summed E-state index contributed by atoms with van der Waals surface area (Å²) in [5.41, 5.74) is 1.70. The van der Waals surface area contributed by atoms with Gasteiger partial charge in [-0.3, -0.25) is 9.59 Å². The second-order valence-electron chi connectivity index (χ2n) is 5.84. The number of amides is 2. The largest absolute Gasteiger partial charge is 0.465 e. The molecule has 134 valence electrons. The van der Waals surface area contributed by atoms with Crippen LogP contribution in [0, 0.1) is 0 Å². The van der Waals surface area contributed by atoms with Crippen LogP contribution in [-0.4, -0.2) is 31.4 Å². The summed E-state index contributed by atoms with van der Waals surface area (Å²) in [5, 5.41) is 3.15. The molecule has 1 fully saturated rings. The van der Waals surface area contributed by atoms with Crippen molar-refractivity contribution < 1.29 is 19.1 Å². The molecular formula is C19H17ClN2O4. The first-order chi connectivity index (χ1) is 12.5.